The van der Waals surface area contributed by atoms with E-state index in [4.69, 9.17) is 9.47 Å². The second-order valence-corrected chi connectivity index (χ2v) is 7.92. The average Bonchev–Trinajstić information content (AvgIpc) is 2.74. The molecule has 1 aliphatic heterocycles. The van der Waals surface area contributed by atoms with Gasteiger partial charge in [-0.3, -0.25) is 4.79 Å². The lowest BCUT2D eigenvalue weighted by molar-refractivity contribution is -0.134. The van der Waals surface area contributed by atoms with E-state index in [1.165, 1.54) is 19.3 Å². The molecular formula is C22H33N3O4. The molecule has 1 aromatic carbocycles. The molecule has 160 valence electrons. The standard InChI is InChI=1S/C22H33N3O4/c1-17-4-2-3-5-20(17)29-13-10-23-22(27)24-19-8-6-18(7-9-19)16-21(26)25-11-14-28-15-12-25/h6-9,17,20H,2-5,10-16H2,1H3,(H2,23,24,27)/t17-,20-/m1/s1. The zero-order valence-electron chi connectivity index (χ0n) is 17.3. The van der Waals surface area contributed by atoms with E-state index < -0.39 is 0 Å². The van der Waals surface area contributed by atoms with Crippen molar-refractivity contribution >= 4 is 17.6 Å². The lowest BCUT2D eigenvalue weighted by Gasteiger charge is -2.28. The van der Waals surface area contributed by atoms with Crippen LogP contribution in [0.2, 0.25) is 0 Å². The Morgan fingerprint density at radius 3 is 2.59 bits per heavy atom. The van der Waals surface area contributed by atoms with Crippen molar-refractivity contribution in [2.45, 2.75) is 45.1 Å². The molecule has 2 N–H and O–H groups in total. The van der Waals surface area contributed by atoms with Gasteiger partial charge in [-0.2, -0.15) is 0 Å². The number of hydrogen-bond acceptors (Lipinski definition) is 4. The van der Waals surface area contributed by atoms with Crippen LogP contribution in [0.15, 0.2) is 24.3 Å². The van der Waals surface area contributed by atoms with Crippen molar-refractivity contribution in [3.63, 3.8) is 0 Å². The van der Waals surface area contributed by atoms with Crippen LogP contribution in [-0.4, -0.2) is 62.4 Å². The molecule has 2 fully saturated rings. The molecule has 1 aliphatic carbocycles. The van der Waals surface area contributed by atoms with Gasteiger partial charge in [0, 0.05) is 25.3 Å². The van der Waals surface area contributed by atoms with Crippen LogP contribution in [0.5, 0.6) is 0 Å². The Balaban J connectivity index is 1.34. The minimum atomic E-state index is -0.248. The SMILES string of the molecule is C[C@@H]1CCCC[C@H]1OCCNC(=O)Nc1ccc(CC(=O)N2CCOCC2)cc1. The second kappa shape index (κ2) is 11.2. The maximum absolute atomic E-state index is 12.3. The van der Waals surface area contributed by atoms with Crippen molar-refractivity contribution in [2.75, 3.05) is 44.8 Å². The molecule has 3 rings (SSSR count). The number of benzene rings is 1. The highest BCUT2D eigenvalue weighted by molar-refractivity contribution is 5.89. The van der Waals surface area contributed by atoms with Crippen LogP contribution in [-0.2, 0) is 20.7 Å². The number of nitrogens with one attached hydrogen (secondary N) is 2. The molecule has 29 heavy (non-hydrogen) atoms. The number of carbonyl (C=O) groups excluding carboxylic acids is 2. The summed E-state index contributed by atoms with van der Waals surface area (Å²) in [6.07, 6.45) is 5.56. The zero-order chi connectivity index (χ0) is 20.5. The third kappa shape index (κ3) is 7.01. The van der Waals surface area contributed by atoms with Crippen LogP contribution in [0.3, 0.4) is 0 Å². The van der Waals surface area contributed by atoms with E-state index in [-0.39, 0.29) is 11.9 Å². The molecule has 1 heterocycles. The highest BCUT2D eigenvalue weighted by Gasteiger charge is 2.21. The third-order valence-corrected chi connectivity index (χ3v) is 5.68. The summed E-state index contributed by atoms with van der Waals surface area (Å²) in [6.45, 7) is 5.78. The summed E-state index contributed by atoms with van der Waals surface area (Å²) >= 11 is 0. The van der Waals surface area contributed by atoms with E-state index in [1.54, 1.807) is 0 Å². The van der Waals surface area contributed by atoms with Gasteiger partial charge in [0.1, 0.15) is 0 Å². The first-order valence-electron chi connectivity index (χ1n) is 10.7. The second-order valence-electron chi connectivity index (χ2n) is 7.92. The number of carbonyl (C=O) groups is 2. The summed E-state index contributed by atoms with van der Waals surface area (Å²) in [5, 5.41) is 5.64. The van der Waals surface area contributed by atoms with Crippen LogP contribution in [0.1, 0.15) is 38.2 Å². The Bertz CT molecular complexity index is 659. The van der Waals surface area contributed by atoms with E-state index in [0.717, 1.165) is 12.0 Å². The quantitative estimate of drug-likeness (QED) is 0.686. The maximum atomic E-state index is 12.3. The van der Waals surface area contributed by atoms with E-state index in [0.29, 0.717) is 63.6 Å². The molecule has 2 atom stereocenters. The first-order valence-corrected chi connectivity index (χ1v) is 10.7. The number of nitrogens with zero attached hydrogens (tertiary/aromatic N) is 1. The van der Waals surface area contributed by atoms with Crippen LogP contribution < -0.4 is 10.6 Å². The van der Waals surface area contributed by atoms with Crippen LogP contribution >= 0.6 is 0 Å². The largest absolute Gasteiger partial charge is 0.378 e. The average molecular weight is 404 g/mol. The predicted octanol–water partition coefficient (Wildman–Crippen LogP) is 2.80. The number of hydrogen-bond donors (Lipinski definition) is 2. The molecule has 0 bridgehead atoms. The lowest BCUT2D eigenvalue weighted by Crippen LogP contribution is -2.41. The van der Waals surface area contributed by atoms with Crippen LogP contribution in [0.4, 0.5) is 10.5 Å². The Morgan fingerprint density at radius 1 is 1.14 bits per heavy atom. The fraction of sp³-hybridized carbons (Fsp3) is 0.636. The van der Waals surface area contributed by atoms with Crippen molar-refractivity contribution in [1.82, 2.24) is 10.2 Å². The van der Waals surface area contributed by atoms with Crippen molar-refractivity contribution in [3.8, 4) is 0 Å². The minimum Gasteiger partial charge on any atom is -0.378 e. The van der Waals surface area contributed by atoms with Gasteiger partial charge in [0.2, 0.25) is 5.91 Å². The molecular weight excluding hydrogens is 370 g/mol. The van der Waals surface area contributed by atoms with Crippen LogP contribution in [0, 0.1) is 5.92 Å². The Labute approximate surface area is 173 Å². The molecule has 0 radical (unpaired) electrons. The Hall–Kier alpha value is -2.12. The zero-order valence-corrected chi connectivity index (χ0v) is 17.3. The molecule has 7 heteroatoms. The molecule has 2 aliphatic rings. The van der Waals surface area contributed by atoms with E-state index >= 15 is 0 Å². The summed E-state index contributed by atoms with van der Waals surface area (Å²) in [5.41, 5.74) is 1.63. The van der Waals surface area contributed by atoms with Gasteiger partial charge in [-0.1, -0.05) is 31.9 Å². The van der Waals surface area contributed by atoms with Crippen LogP contribution in [0.25, 0.3) is 0 Å². The van der Waals surface area contributed by atoms with E-state index in [2.05, 4.69) is 17.6 Å². The first kappa shape index (κ1) is 21.6. The summed E-state index contributed by atoms with van der Waals surface area (Å²) in [5.74, 6) is 0.713. The van der Waals surface area contributed by atoms with Crippen molar-refractivity contribution in [1.29, 1.82) is 0 Å². The molecule has 7 nitrogen and oxygen atoms in total. The topological polar surface area (TPSA) is 79.9 Å². The molecule has 3 amide bonds. The van der Waals surface area contributed by atoms with Gasteiger partial charge in [0.15, 0.2) is 0 Å². The molecule has 0 spiro atoms. The van der Waals surface area contributed by atoms with Gasteiger partial charge in [0.05, 0.1) is 32.3 Å². The van der Waals surface area contributed by atoms with Gasteiger partial charge in [-0.25, -0.2) is 4.79 Å². The first-order chi connectivity index (χ1) is 14.1. The number of anilines is 1. The number of morpholine rings is 1. The molecule has 1 saturated carbocycles. The number of urea groups is 1. The number of amides is 3. The summed E-state index contributed by atoms with van der Waals surface area (Å²) in [4.78, 5) is 26.2. The van der Waals surface area contributed by atoms with Gasteiger partial charge in [-0.05, 0) is 36.5 Å². The van der Waals surface area contributed by atoms with Crippen molar-refractivity contribution in [2.24, 2.45) is 5.92 Å². The third-order valence-electron chi connectivity index (χ3n) is 5.68. The number of ether oxygens (including phenoxy) is 2. The molecule has 0 aromatic heterocycles. The Morgan fingerprint density at radius 2 is 1.86 bits per heavy atom. The smallest absolute Gasteiger partial charge is 0.319 e. The predicted molar refractivity (Wildman–Crippen MR) is 112 cm³/mol. The summed E-state index contributed by atoms with van der Waals surface area (Å²) < 4.78 is 11.2. The van der Waals surface area contributed by atoms with E-state index in [1.807, 2.05) is 29.2 Å². The highest BCUT2D eigenvalue weighted by atomic mass is 16.5. The van der Waals surface area contributed by atoms with Gasteiger partial charge >= 0.3 is 6.03 Å². The lowest BCUT2D eigenvalue weighted by atomic mass is 9.88. The minimum absolute atomic E-state index is 0.110. The van der Waals surface area contributed by atoms with Gasteiger partial charge < -0.3 is 25.0 Å². The normalized spacial score (nSPS) is 22.2. The fourth-order valence-corrected chi connectivity index (χ4v) is 3.89. The summed E-state index contributed by atoms with van der Waals surface area (Å²) in [7, 11) is 0. The Kier molecular flexibility index (Phi) is 8.31. The van der Waals surface area contributed by atoms with Crippen molar-refractivity contribution in [3.05, 3.63) is 29.8 Å². The van der Waals surface area contributed by atoms with E-state index in [9.17, 15) is 9.59 Å². The monoisotopic (exact) mass is 403 g/mol. The summed E-state index contributed by atoms with van der Waals surface area (Å²) in [6, 6.07) is 7.15. The fourth-order valence-electron chi connectivity index (χ4n) is 3.89. The molecule has 1 aromatic rings. The molecule has 0 unspecified atom stereocenters. The molecule has 1 saturated heterocycles. The van der Waals surface area contributed by atoms with Gasteiger partial charge in [0.25, 0.3) is 0 Å². The van der Waals surface area contributed by atoms with Crippen molar-refractivity contribution < 1.29 is 19.1 Å². The van der Waals surface area contributed by atoms with Gasteiger partial charge in [-0.15, -0.1) is 0 Å². The highest BCUT2D eigenvalue weighted by Crippen LogP contribution is 2.25. The maximum Gasteiger partial charge on any atom is 0.319 e. The number of rotatable bonds is 7.